The van der Waals surface area contributed by atoms with Gasteiger partial charge < -0.3 is 0 Å². The molecule has 0 aliphatic carbocycles. The highest BCUT2D eigenvalue weighted by molar-refractivity contribution is 7.72. The molecule has 0 amide bonds. The molecular weight excluding hydrogens is 223 g/mol. The second-order valence-electron chi connectivity index (χ2n) is 4.55. The van der Waals surface area contributed by atoms with Crippen LogP contribution in [-0.2, 0) is 0 Å². The quantitative estimate of drug-likeness (QED) is 0.705. The summed E-state index contributed by atoms with van der Waals surface area (Å²) in [4.78, 5) is 0. The fourth-order valence-electron chi connectivity index (χ4n) is 2.10. The van der Waals surface area contributed by atoms with Crippen LogP contribution in [0.2, 0.25) is 0 Å². The van der Waals surface area contributed by atoms with Gasteiger partial charge in [0.2, 0.25) is 0 Å². The second-order valence-corrected chi connectivity index (χ2v) is 6.66. The lowest BCUT2D eigenvalue weighted by Gasteiger charge is -2.18. The van der Waals surface area contributed by atoms with Crippen LogP contribution in [0.1, 0.15) is 16.7 Å². The molecule has 0 bridgehead atoms. The molecule has 0 saturated heterocycles. The summed E-state index contributed by atoms with van der Waals surface area (Å²) in [5.74, 6) is 0. The zero-order chi connectivity index (χ0) is 12.4. The smallest absolute Gasteiger partial charge is 0.0166 e. The Labute approximate surface area is 105 Å². The first-order valence-corrected chi connectivity index (χ1v) is 7.75. The van der Waals surface area contributed by atoms with E-state index in [-0.39, 0.29) is 7.92 Å². The maximum absolute atomic E-state index is 2.35. The molecule has 88 valence electrons. The van der Waals surface area contributed by atoms with Crippen LogP contribution in [-0.4, -0.2) is 6.66 Å². The van der Waals surface area contributed by atoms with E-state index in [1.54, 1.807) is 0 Å². The Morgan fingerprint density at radius 3 is 2.06 bits per heavy atom. The van der Waals surface area contributed by atoms with Crippen molar-refractivity contribution in [2.75, 3.05) is 6.66 Å². The van der Waals surface area contributed by atoms with Gasteiger partial charge in [0, 0.05) is 0 Å². The number of hydrogen-bond acceptors (Lipinski definition) is 0. The summed E-state index contributed by atoms with van der Waals surface area (Å²) in [6.45, 7) is 9.01. The van der Waals surface area contributed by atoms with Crippen molar-refractivity contribution in [1.82, 2.24) is 0 Å². The van der Waals surface area contributed by atoms with Gasteiger partial charge in [-0.05, 0) is 62.7 Å². The van der Waals surface area contributed by atoms with E-state index in [4.69, 9.17) is 0 Å². The molecule has 2 aromatic carbocycles. The Morgan fingerprint density at radius 1 is 0.765 bits per heavy atom. The second kappa shape index (κ2) is 5.02. The largest absolute Gasteiger partial charge is 0.0622 e. The molecule has 17 heavy (non-hydrogen) atoms. The molecular formula is C16H19P. The van der Waals surface area contributed by atoms with Crippen molar-refractivity contribution in [3.63, 3.8) is 0 Å². The molecule has 0 fully saturated rings. The summed E-state index contributed by atoms with van der Waals surface area (Å²) in [5, 5.41) is 2.96. The summed E-state index contributed by atoms with van der Waals surface area (Å²) in [7, 11) is -0.220. The van der Waals surface area contributed by atoms with E-state index in [2.05, 4.69) is 69.9 Å². The minimum atomic E-state index is -0.220. The predicted octanol–water partition coefficient (Wildman–Crippen LogP) is 3.67. The number of benzene rings is 2. The minimum absolute atomic E-state index is 0.220. The van der Waals surface area contributed by atoms with Gasteiger partial charge in [-0.1, -0.05) is 42.5 Å². The molecule has 0 spiro atoms. The van der Waals surface area contributed by atoms with Crippen molar-refractivity contribution in [3.05, 3.63) is 59.2 Å². The van der Waals surface area contributed by atoms with Crippen LogP contribution in [0.3, 0.4) is 0 Å². The summed E-state index contributed by atoms with van der Waals surface area (Å²) in [6, 6.07) is 15.4. The molecule has 2 aromatic rings. The molecule has 0 aromatic heterocycles. The molecule has 1 atom stereocenters. The molecule has 1 heteroatoms. The number of aryl methyl sites for hydroxylation is 1. The van der Waals surface area contributed by atoms with E-state index in [1.165, 1.54) is 27.3 Å². The molecule has 0 heterocycles. The third-order valence-electron chi connectivity index (χ3n) is 3.53. The van der Waals surface area contributed by atoms with Crippen molar-refractivity contribution in [2.45, 2.75) is 20.8 Å². The minimum Gasteiger partial charge on any atom is -0.0622 e. The van der Waals surface area contributed by atoms with Crippen LogP contribution in [0.25, 0.3) is 0 Å². The Bertz CT molecular complexity index is 515. The van der Waals surface area contributed by atoms with Gasteiger partial charge in [0.15, 0.2) is 0 Å². The van der Waals surface area contributed by atoms with Crippen LogP contribution < -0.4 is 10.6 Å². The molecule has 1 unspecified atom stereocenters. The highest BCUT2D eigenvalue weighted by atomic mass is 31.1. The molecule has 0 aliphatic rings. The molecule has 0 saturated carbocycles. The zero-order valence-electron chi connectivity index (χ0n) is 11.0. The van der Waals surface area contributed by atoms with Crippen LogP contribution in [0.4, 0.5) is 0 Å². The number of rotatable bonds is 2. The Hall–Kier alpha value is -1.13. The summed E-state index contributed by atoms with van der Waals surface area (Å²) < 4.78 is 0. The summed E-state index contributed by atoms with van der Waals surface area (Å²) in [5.41, 5.74) is 4.29. The third kappa shape index (κ3) is 2.42. The van der Waals surface area contributed by atoms with E-state index in [9.17, 15) is 0 Å². The lowest BCUT2D eigenvalue weighted by molar-refractivity contribution is 1.28. The van der Waals surface area contributed by atoms with Gasteiger partial charge in [0.05, 0.1) is 0 Å². The molecule has 0 radical (unpaired) electrons. The van der Waals surface area contributed by atoms with E-state index in [0.717, 1.165) is 0 Å². The molecule has 0 nitrogen and oxygen atoms in total. The average Bonchev–Trinajstić information content (AvgIpc) is 2.36. The first-order chi connectivity index (χ1) is 8.11. The lowest BCUT2D eigenvalue weighted by Crippen LogP contribution is -2.14. The maximum atomic E-state index is 2.35. The molecule has 0 aliphatic heterocycles. The zero-order valence-corrected chi connectivity index (χ0v) is 11.9. The van der Waals surface area contributed by atoms with Gasteiger partial charge >= 0.3 is 0 Å². The first kappa shape index (κ1) is 12.3. The molecule has 0 N–H and O–H groups in total. The van der Waals surface area contributed by atoms with Gasteiger partial charge in [0.1, 0.15) is 0 Å². The van der Waals surface area contributed by atoms with Crippen molar-refractivity contribution >= 4 is 18.5 Å². The monoisotopic (exact) mass is 242 g/mol. The highest BCUT2D eigenvalue weighted by Crippen LogP contribution is 2.31. The normalized spacial score (nSPS) is 12.5. The fraction of sp³-hybridized carbons (Fsp3) is 0.250. The Balaban J connectivity index is 2.45. The van der Waals surface area contributed by atoms with Crippen molar-refractivity contribution in [1.29, 1.82) is 0 Å². The third-order valence-corrected chi connectivity index (χ3v) is 5.81. The van der Waals surface area contributed by atoms with E-state index in [0.29, 0.717) is 0 Å². The fourth-order valence-corrected chi connectivity index (χ4v) is 3.96. The Kier molecular flexibility index (Phi) is 3.64. The van der Waals surface area contributed by atoms with Crippen molar-refractivity contribution in [2.24, 2.45) is 0 Å². The average molecular weight is 242 g/mol. The van der Waals surface area contributed by atoms with Gasteiger partial charge in [0.25, 0.3) is 0 Å². The topological polar surface area (TPSA) is 0 Å². The summed E-state index contributed by atoms with van der Waals surface area (Å²) in [6.07, 6.45) is 0. The van der Waals surface area contributed by atoms with Gasteiger partial charge in [-0.25, -0.2) is 0 Å². The predicted molar refractivity (Wildman–Crippen MR) is 79.2 cm³/mol. The van der Waals surface area contributed by atoms with Gasteiger partial charge in [-0.3, -0.25) is 0 Å². The van der Waals surface area contributed by atoms with Crippen LogP contribution in [0.5, 0.6) is 0 Å². The van der Waals surface area contributed by atoms with Crippen molar-refractivity contribution in [3.8, 4) is 0 Å². The van der Waals surface area contributed by atoms with Gasteiger partial charge in [-0.15, -0.1) is 0 Å². The van der Waals surface area contributed by atoms with E-state index >= 15 is 0 Å². The van der Waals surface area contributed by atoms with E-state index < -0.39 is 0 Å². The van der Waals surface area contributed by atoms with Crippen LogP contribution >= 0.6 is 7.92 Å². The lowest BCUT2D eigenvalue weighted by atomic mass is 10.1. The van der Waals surface area contributed by atoms with Crippen LogP contribution in [0, 0.1) is 20.8 Å². The molecule has 2 rings (SSSR count). The summed E-state index contributed by atoms with van der Waals surface area (Å²) >= 11 is 0. The number of hydrogen-bond donors (Lipinski definition) is 0. The first-order valence-electron chi connectivity index (χ1n) is 5.97. The standard InChI is InChI=1S/C16H19P/c1-12-10-11-16(14(3)13(12)2)17(4)15-8-6-5-7-9-15/h5-11H,1-4H3. The van der Waals surface area contributed by atoms with E-state index in [1.807, 2.05) is 0 Å². The van der Waals surface area contributed by atoms with Gasteiger partial charge in [-0.2, -0.15) is 0 Å². The van der Waals surface area contributed by atoms with Crippen LogP contribution in [0.15, 0.2) is 42.5 Å². The maximum Gasteiger partial charge on any atom is -0.0166 e. The Morgan fingerprint density at radius 2 is 1.41 bits per heavy atom. The SMILES string of the molecule is Cc1ccc(P(C)c2ccccc2)c(C)c1C. The highest BCUT2D eigenvalue weighted by Gasteiger charge is 2.11. The van der Waals surface area contributed by atoms with Crippen molar-refractivity contribution < 1.29 is 0 Å².